The standard InChI is InChI=1S/C39H40O4.C27H18F6O6S2.C25H20O2.C7H12O2.C5H4.C2F6O5S2.H3N/c1-37(2,3)42-35(40)25-19-27-15-21-29(22-16-27)39(33-13-9-7-11-31(33)32-12-8-10-14-34(32)39)30-23-17-28(18-24-30)20-26-36(41)43-38(4,5)6;28-26(29,30)40(34,35)38-19-13-9-17(10-14-19)25(18-11-15-20(16-12-18)39-41(36,37)27(31,32)33)23-7-3-1-5-21(23)22-6-2-4-8-24(22)25;26-19-13-9-17(10-14-19)25(18-11-15-20(27)16-12-18)23-7-3-1-5-21(23)22-6-2-4-8-24(22)25;1-5-6(8)9-7(2,3)4;1-3-5-4-2;3-1(4,5)14(9,10)13-15(11,12)2(6,7)8;/h7-13,15-26,34H,14H2,1-6H3;1-7,9-16,24H,8H2;1-7,9-16,24,26-27H,8H2;5H,1H2,2-4H3;1H,2H3;;1H3/b25-19-,26-20?;;;;;;. The summed E-state index contributed by atoms with van der Waals surface area (Å²) in [6, 6.07) is 66.8. The molecule has 0 fully saturated rings. The lowest BCUT2D eigenvalue weighted by molar-refractivity contribution is -0.149. The molecule has 0 amide bonds. The fourth-order valence-corrected chi connectivity index (χ4v) is 19.5. The van der Waals surface area contributed by atoms with Crippen molar-refractivity contribution in [2.75, 3.05) is 0 Å². The molecule has 4 atom stereocenters. The Morgan fingerprint density at radius 2 is 0.631 bits per heavy atom. The third-order valence-electron chi connectivity index (χ3n) is 22.2. The molecule has 0 bridgehead atoms. The van der Waals surface area contributed by atoms with Gasteiger partial charge in [0.1, 0.15) is 39.8 Å². The van der Waals surface area contributed by atoms with E-state index in [1.165, 1.54) is 80.9 Å². The van der Waals surface area contributed by atoms with Crippen LogP contribution in [0, 0.1) is 41.9 Å². The third-order valence-corrected chi connectivity index (χ3v) is 26.7. The Morgan fingerprint density at radius 1 is 0.383 bits per heavy atom. The van der Waals surface area contributed by atoms with Crippen molar-refractivity contribution >= 4 is 87.3 Å². The van der Waals surface area contributed by atoms with Crippen molar-refractivity contribution in [3.63, 3.8) is 0 Å². The maximum atomic E-state index is 12.8. The minimum atomic E-state index is -6.85. The lowest BCUT2D eigenvalue weighted by atomic mass is 9.63. The largest absolute Gasteiger partial charge is 0.534 e. The summed E-state index contributed by atoms with van der Waals surface area (Å²) < 4.78 is 257. The van der Waals surface area contributed by atoms with E-state index >= 15 is 0 Å². The fraction of sp³-hybridized carbons (Fsp3) is 0.248. The van der Waals surface area contributed by atoms with Crippen LogP contribution in [0.4, 0.5) is 52.7 Å². The van der Waals surface area contributed by atoms with Crippen LogP contribution in [0.1, 0.15) is 166 Å². The second kappa shape index (κ2) is 43.6. The SMILES string of the molecule is C#CC#CC.C=CC(=O)OC(C)(C)C.CC(C)(C)OC(=O)C=Cc1ccc(C2(c3ccc(/C=C\C(=O)OC(C)(C)C)cc3)c3ccccc3C3=CC=CCC32)cc1.N.O=S(=O)(OS(=O)(=O)C(F)(F)F)C(F)(F)F.O=S(=O)(Oc1ccc(C2(c3ccc(OS(=O)(=O)C(F)(F)F)cc3)c3ccccc3C3=CC=CCC32)cc1)C(F)(F)F.Oc1ccc(C2(c3ccc(O)cc3)c3ccccc3C3=CC=CCC32)cc1. The van der Waals surface area contributed by atoms with Gasteiger partial charge in [0, 0.05) is 36.0 Å². The van der Waals surface area contributed by atoms with Gasteiger partial charge in [-0.1, -0.05) is 237 Å². The van der Waals surface area contributed by atoms with Crippen LogP contribution in [0.15, 0.2) is 298 Å². The number of allylic oxidation sites excluding steroid dienone is 12. The first kappa shape index (κ1) is 111. The highest BCUT2D eigenvalue weighted by molar-refractivity contribution is 8.00. The highest BCUT2D eigenvalue weighted by atomic mass is 32.3. The molecule has 5 N–H and O–H groups in total. The van der Waals surface area contributed by atoms with E-state index in [-0.39, 0.29) is 58.7 Å². The van der Waals surface area contributed by atoms with Gasteiger partial charge in [0.15, 0.2) is 0 Å². The molecule has 9 aromatic rings. The molecular formula is C105H97F12NO19S4. The Hall–Kier alpha value is -13.8. The number of halogens is 12. The van der Waals surface area contributed by atoms with E-state index in [0.717, 1.165) is 82.1 Å². The zero-order valence-electron chi connectivity index (χ0n) is 77.2. The Kier molecular flexibility index (Phi) is 34.2. The molecule has 4 unspecified atom stereocenters. The molecule has 6 aliphatic rings. The maximum Gasteiger partial charge on any atom is 0.534 e. The van der Waals surface area contributed by atoms with E-state index < -0.39 is 102 Å². The Balaban J connectivity index is 0.000000209. The summed E-state index contributed by atoms with van der Waals surface area (Å²) in [4.78, 5) is 35.0. The summed E-state index contributed by atoms with van der Waals surface area (Å²) >= 11 is 0. The van der Waals surface area contributed by atoms with Crippen molar-refractivity contribution in [1.29, 1.82) is 0 Å². The quantitative estimate of drug-likeness (QED) is 0.0145. The predicted octanol–water partition coefficient (Wildman–Crippen LogP) is 23.6. The van der Waals surface area contributed by atoms with Gasteiger partial charge >= 0.3 is 80.4 Å². The molecule has 15 rings (SSSR count). The number of esters is 3. The molecule has 0 saturated heterocycles. The number of benzene rings is 9. The molecule has 6 aliphatic carbocycles. The van der Waals surface area contributed by atoms with E-state index in [4.69, 9.17) is 20.6 Å². The first-order chi connectivity index (χ1) is 65.2. The molecule has 744 valence electrons. The van der Waals surface area contributed by atoms with E-state index in [1.807, 2.05) is 127 Å². The van der Waals surface area contributed by atoms with E-state index in [9.17, 15) is 111 Å². The van der Waals surface area contributed by atoms with Crippen LogP contribution in [0.5, 0.6) is 23.0 Å². The molecule has 36 heteroatoms. The van der Waals surface area contributed by atoms with Crippen LogP contribution in [0.25, 0.3) is 28.9 Å². The number of phenols is 2. The van der Waals surface area contributed by atoms with Crippen molar-refractivity contribution < 1.29 is 137 Å². The molecule has 0 aliphatic heterocycles. The lowest BCUT2D eigenvalue weighted by Gasteiger charge is -2.39. The number of carbonyl (C=O) groups is 3. The molecular weight excluding hydrogens is 1940 g/mol. The van der Waals surface area contributed by atoms with Crippen molar-refractivity contribution in [1.82, 2.24) is 6.15 Å². The smallest absolute Gasteiger partial charge is 0.508 e. The third kappa shape index (κ3) is 25.4. The topological polar surface area (TPSA) is 319 Å². The van der Waals surface area contributed by atoms with Crippen LogP contribution in [0.3, 0.4) is 0 Å². The van der Waals surface area contributed by atoms with Gasteiger partial charge in [0.2, 0.25) is 0 Å². The molecule has 0 saturated carbocycles. The Bertz CT molecular complexity index is 6710. The molecule has 0 aromatic heterocycles. The summed E-state index contributed by atoms with van der Waals surface area (Å²) in [7, 11) is -25.5. The predicted molar refractivity (Wildman–Crippen MR) is 512 cm³/mol. The highest BCUT2D eigenvalue weighted by Crippen LogP contribution is 2.63. The zero-order valence-corrected chi connectivity index (χ0v) is 80.5. The summed E-state index contributed by atoms with van der Waals surface area (Å²) in [5.74, 6) is 5.58. The maximum absolute atomic E-state index is 12.8. The number of carbonyl (C=O) groups excluding carboxylic acids is 3. The van der Waals surface area contributed by atoms with Crippen LogP contribution < -0.4 is 14.5 Å². The van der Waals surface area contributed by atoms with Gasteiger partial charge in [-0.3, -0.25) is 0 Å². The number of aromatic hydroxyl groups is 2. The fourth-order valence-electron chi connectivity index (χ4n) is 17.1. The van der Waals surface area contributed by atoms with Gasteiger partial charge < -0.3 is 38.9 Å². The monoisotopic (exact) mass is 2030 g/mol. The summed E-state index contributed by atoms with van der Waals surface area (Å²) in [5, 5.41) is 19.7. The number of terminal acetylenes is 1. The van der Waals surface area contributed by atoms with Gasteiger partial charge in [-0.15, -0.1) is 10.1 Å². The second-order valence-corrected chi connectivity index (χ2v) is 41.1. The highest BCUT2D eigenvalue weighted by Gasteiger charge is 2.59. The number of phenolic OH excluding ortho intramolecular Hbond substituents is 2. The number of ether oxygens (including phenoxy) is 3. The minimum absolute atomic E-state index is 0. The summed E-state index contributed by atoms with van der Waals surface area (Å²) in [6.07, 6.45) is 33.8. The molecule has 20 nitrogen and oxygen atoms in total. The van der Waals surface area contributed by atoms with Crippen LogP contribution in [0.2, 0.25) is 0 Å². The first-order valence-electron chi connectivity index (χ1n) is 42.5. The Labute approximate surface area is 810 Å². The number of hydrogen-bond donors (Lipinski definition) is 3. The summed E-state index contributed by atoms with van der Waals surface area (Å²) in [5.41, 5.74) is -9.09. The van der Waals surface area contributed by atoms with Gasteiger partial charge in [-0.2, -0.15) is 86.4 Å². The summed E-state index contributed by atoms with van der Waals surface area (Å²) in [6.45, 7) is 21.6. The number of alkyl halides is 12. The second-order valence-electron chi connectivity index (χ2n) is 34.8. The molecule has 9 aromatic carbocycles. The normalized spacial score (nSPS) is 17.4. The van der Waals surface area contributed by atoms with Crippen molar-refractivity contribution in [2.24, 2.45) is 17.8 Å². The average Bonchev–Trinajstić information content (AvgIpc) is 1.55. The van der Waals surface area contributed by atoms with E-state index in [0.29, 0.717) is 17.5 Å². The number of hydrogen-bond acceptors (Lipinski definition) is 20. The van der Waals surface area contributed by atoms with Crippen molar-refractivity contribution in [3.05, 3.63) is 376 Å². The van der Waals surface area contributed by atoms with Crippen molar-refractivity contribution in [3.8, 4) is 47.2 Å². The van der Waals surface area contributed by atoms with Gasteiger partial charge in [0.05, 0.1) is 16.2 Å². The van der Waals surface area contributed by atoms with Crippen LogP contribution >= 0.6 is 0 Å². The molecule has 0 radical (unpaired) electrons. The molecule has 0 spiro atoms. The van der Waals surface area contributed by atoms with E-state index in [2.05, 4.69) is 166 Å². The van der Waals surface area contributed by atoms with Crippen molar-refractivity contribution in [2.45, 2.75) is 144 Å². The molecule has 0 heterocycles. The Morgan fingerprint density at radius 3 is 0.858 bits per heavy atom. The van der Waals surface area contributed by atoms with Crippen LogP contribution in [-0.2, 0) is 88.9 Å². The van der Waals surface area contributed by atoms with Gasteiger partial charge in [-0.05, 0) is 256 Å². The lowest BCUT2D eigenvalue weighted by Crippen LogP contribution is -2.34. The minimum Gasteiger partial charge on any atom is -0.508 e. The number of rotatable bonds is 17. The average molecular weight is 2030 g/mol. The van der Waals surface area contributed by atoms with Gasteiger partial charge in [0.25, 0.3) is 0 Å². The zero-order chi connectivity index (χ0) is 103. The van der Waals surface area contributed by atoms with Crippen LogP contribution in [-0.4, -0.2) is 101 Å². The molecule has 141 heavy (non-hydrogen) atoms. The first-order valence-corrected chi connectivity index (χ1v) is 48.2. The van der Waals surface area contributed by atoms with Gasteiger partial charge in [-0.25, -0.2) is 14.4 Å². The van der Waals surface area contributed by atoms with E-state index in [1.54, 1.807) is 49.4 Å². The number of fused-ring (bicyclic) bond motifs is 9.